The molecule has 1 unspecified atom stereocenters. The fourth-order valence-electron chi connectivity index (χ4n) is 3.59. The van der Waals surface area contributed by atoms with Crippen molar-refractivity contribution in [1.82, 2.24) is 9.55 Å². The molecule has 0 fully saturated rings. The summed E-state index contributed by atoms with van der Waals surface area (Å²) in [4.78, 5) is 32.1. The summed E-state index contributed by atoms with van der Waals surface area (Å²) in [5.74, 6) is -2.46. The summed E-state index contributed by atoms with van der Waals surface area (Å²) >= 11 is 1.92. The molecule has 1 amide bonds. The van der Waals surface area contributed by atoms with Crippen LogP contribution in [-0.4, -0.2) is 21.2 Å². The maximum Gasteiger partial charge on any atom is 0.288 e. The Balaban J connectivity index is 1.58. The minimum atomic E-state index is -2.59. The highest BCUT2D eigenvalue weighted by molar-refractivity contribution is 7.99. The third kappa shape index (κ3) is 4.20. The minimum absolute atomic E-state index is 0.226. The molecule has 0 saturated heterocycles. The van der Waals surface area contributed by atoms with E-state index in [2.05, 4.69) is 17.2 Å². The molecule has 4 rings (SSSR count). The molecule has 1 atom stereocenters. The zero-order valence-corrected chi connectivity index (χ0v) is 17.3. The molecule has 0 saturated carbocycles. The van der Waals surface area contributed by atoms with E-state index in [-0.39, 0.29) is 17.0 Å². The number of para-hydroxylation sites is 1. The second kappa shape index (κ2) is 8.23. The van der Waals surface area contributed by atoms with E-state index in [9.17, 15) is 18.4 Å². The second-order valence-corrected chi connectivity index (χ2v) is 9.25. The minimum Gasteiger partial charge on any atom is -0.324 e. The molecule has 1 N–H and O–H groups in total. The topological polar surface area (TPSA) is 64.0 Å². The number of thiophene rings is 1. The van der Waals surface area contributed by atoms with Crippen molar-refractivity contribution in [3.05, 3.63) is 51.4 Å². The van der Waals surface area contributed by atoms with Gasteiger partial charge >= 0.3 is 0 Å². The number of carbonyl (C=O) groups is 1. The van der Waals surface area contributed by atoms with Crippen LogP contribution in [0.25, 0.3) is 10.2 Å². The Kier molecular flexibility index (Phi) is 5.69. The second-order valence-electron chi connectivity index (χ2n) is 7.13. The average molecular weight is 436 g/mol. The number of benzene rings is 1. The standard InChI is InChI=1S/C20H19F2N3O2S2/c1-11-6-7-12-15(8-11)28-18-17(12)19(27)25(10-23-18)9-16(26)24-13-4-2-3-5-14(13)29-20(21)22/h2-5,10-11,20H,6-9H2,1H3,(H,24,26). The van der Waals surface area contributed by atoms with E-state index in [1.165, 1.54) is 21.8 Å². The van der Waals surface area contributed by atoms with Crippen molar-refractivity contribution in [3.8, 4) is 0 Å². The molecule has 2 heterocycles. The monoisotopic (exact) mass is 435 g/mol. The lowest BCUT2D eigenvalue weighted by molar-refractivity contribution is -0.116. The molecule has 0 radical (unpaired) electrons. The Morgan fingerprint density at radius 1 is 1.41 bits per heavy atom. The van der Waals surface area contributed by atoms with Gasteiger partial charge in [-0.1, -0.05) is 30.8 Å². The molecule has 152 valence electrons. The Labute approximate surface area is 174 Å². The number of aryl methyl sites for hydroxylation is 1. The fraction of sp³-hybridized carbons (Fsp3) is 0.350. The van der Waals surface area contributed by atoms with Gasteiger partial charge in [0.15, 0.2) is 0 Å². The van der Waals surface area contributed by atoms with E-state index in [0.717, 1.165) is 24.8 Å². The smallest absolute Gasteiger partial charge is 0.288 e. The highest BCUT2D eigenvalue weighted by Crippen LogP contribution is 2.35. The number of nitrogens with zero attached hydrogens (tertiary/aromatic N) is 2. The van der Waals surface area contributed by atoms with Crippen LogP contribution in [-0.2, 0) is 24.2 Å². The number of halogens is 2. The van der Waals surface area contributed by atoms with Crippen LogP contribution in [0.1, 0.15) is 23.8 Å². The highest BCUT2D eigenvalue weighted by atomic mass is 32.2. The Morgan fingerprint density at radius 3 is 3.00 bits per heavy atom. The van der Waals surface area contributed by atoms with Gasteiger partial charge in [0.1, 0.15) is 11.4 Å². The number of hydrogen-bond donors (Lipinski definition) is 1. The first-order chi connectivity index (χ1) is 13.9. The third-order valence-electron chi connectivity index (χ3n) is 4.97. The van der Waals surface area contributed by atoms with Crippen molar-refractivity contribution < 1.29 is 13.6 Å². The van der Waals surface area contributed by atoms with Gasteiger partial charge in [-0.3, -0.25) is 14.2 Å². The first-order valence-electron chi connectivity index (χ1n) is 9.25. The SMILES string of the molecule is CC1CCc2c(sc3ncn(CC(=O)Nc4ccccc4SC(F)F)c(=O)c23)C1. The van der Waals surface area contributed by atoms with Gasteiger partial charge in [-0.2, -0.15) is 8.78 Å². The number of thioether (sulfide) groups is 1. The molecule has 0 spiro atoms. The van der Waals surface area contributed by atoms with Crippen LogP contribution in [0, 0.1) is 5.92 Å². The largest absolute Gasteiger partial charge is 0.324 e. The highest BCUT2D eigenvalue weighted by Gasteiger charge is 2.23. The van der Waals surface area contributed by atoms with Gasteiger partial charge in [0, 0.05) is 9.77 Å². The summed E-state index contributed by atoms with van der Waals surface area (Å²) in [7, 11) is 0. The molecule has 9 heteroatoms. The lowest BCUT2D eigenvalue weighted by Crippen LogP contribution is -2.28. The van der Waals surface area contributed by atoms with Crippen molar-refractivity contribution >= 4 is 44.9 Å². The van der Waals surface area contributed by atoms with E-state index < -0.39 is 11.7 Å². The summed E-state index contributed by atoms with van der Waals surface area (Å²) in [6.45, 7) is 1.98. The zero-order valence-electron chi connectivity index (χ0n) is 15.7. The van der Waals surface area contributed by atoms with Gasteiger partial charge in [-0.25, -0.2) is 4.98 Å². The first-order valence-corrected chi connectivity index (χ1v) is 11.0. The van der Waals surface area contributed by atoms with E-state index in [0.29, 0.717) is 33.6 Å². The number of anilines is 1. The van der Waals surface area contributed by atoms with Gasteiger partial charge in [-0.05, 0) is 42.9 Å². The van der Waals surface area contributed by atoms with Crippen LogP contribution < -0.4 is 10.9 Å². The predicted molar refractivity (Wildman–Crippen MR) is 112 cm³/mol. The molecular formula is C20H19F2N3O2S2. The summed E-state index contributed by atoms with van der Waals surface area (Å²) in [5.41, 5.74) is 1.13. The van der Waals surface area contributed by atoms with Gasteiger partial charge in [0.2, 0.25) is 5.91 Å². The van der Waals surface area contributed by atoms with E-state index in [1.807, 2.05) is 0 Å². The van der Waals surface area contributed by atoms with E-state index >= 15 is 0 Å². The molecule has 1 aliphatic rings. The molecule has 2 aromatic heterocycles. The van der Waals surface area contributed by atoms with Gasteiger partial charge < -0.3 is 5.32 Å². The predicted octanol–water partition coefficient (Wildman–Crippen LogP) is 4.54. The van der Waals surface area contributed by atoms with E-state index in [1.54, 1.807) is 29.5 Å². The number of aromatic nitrogens is 2. The van der Waals surface area contributed by atoms with Gasteiger partial charge in [-0.15, -0.1) is 11.3 Å². The molecule has 3 aromatic rings. The molecular weight excluding hydrogens is 416 g/mol. The lowest BCUT2D eigenvalue weighted by Gasteiger charge is -2.17. The molecule has 0 aliphatic heterocycles. The number of hydrogen-bond acceptors (Lipinski definition) is 5. The number of fused-ring (bicyclic) bond motifs is 3. The van der Waals surface area contributed by atoms with Crippen LogP contribution in [0.3, 0.4) is 0 Å². The maximum atomic E-state index is 13.0. The summed E-state index contributed by atoms with van der Waals surface area (Å²) in [6, 6.07) is 6.36. The summed E-state index contributed by atoms with van der Waals surface area (Å²) in [6.07, 6.45) is 4.22. The van der Waals surface area contributed by atoms with Crippen LogP contribution >= 0.6 is 23.1 Å². The van der Waals surface area contributed by atoms with Gasteiger partial charge in [0.05, 0.1) is 17.4 Å². The van der Waals surface area contributed by atoms with Gasteiger partial charge in [0.25, 0.3) is 11.3 Å². The third-order valence-corrected chi connectivity index (χ3v) is 6.92. The Hall–Kier alpha value is -2.26. The number of alkyl halides is 2. The average Bonchev–Trinajstić information content (AvgIpc) is 3.03. The van der Waals surface area contributed by atoms with Crippen molar-refractivity contribution in [3.63, 3.8) is 0 Å². The number of rotatable bonds is 5. The molecule has 1 aliphatic carbocycles. The van der Waals surface area contributed by atoms with Crippen molar-refractivity contribution in [1.29, 1.82) is 0 Å². The number of carbonyl (C=O) groups excluding carboxylic acids is 1. The van der Waals surface area contributed by atoms with Crippen molar-refractivity contribution in [2.24, 2.45) is 5.92 Å². The van der Waals surface area contributed by atoms with Crippen LogP contribution in [0.15, 0.2) is 40.3 Å². The Bertz CT molecular complexity index is 1130. The quantitative estimate of drug-likeness (QED) is 0.598. The summed E-state index contributed by atoms with van der Waals surface area (Å²) in [5, 5.41) is 3.24. The number of nitrogens with one attached hydrogen (secondary N) is 1. The van der Waals surface area contributed by atoms with Crippen molar-refractivity contribution in [2.75, 3.05) is 5.32 Å². The normalized spacial score (nSPS) is 16.2. The summed E-state index contributed by atoms with van der Waals surface area (Å²) < 4.78 is 26.7. The molecule has 1 aromatic carbocycles. The first kappa shape index (κ1) is 20.0. The van der Waals surface area contributed by atoms with Crippen molar-refractivity contribution in [2.45, 2.75) is 43.4 Å². The zero-order chi connectivity index (χ0) is 20.5. The number of amides is 1. The van der Waals surface area contributed by atoms with Crippen LogP contribution in [0.2, 0.25) is 0 Å². The molecule has 5 nitrogen and oxygen atoms in total. The maximum absolute atomic E-state index is 13.0. The molecule has 29 heavy (non-hydrogen) atoms. The van der Waals surface area contributed by atoms with E-state index in [4.69, 9.17) is 0 Å². The Morgan fingerprint density at radius 2 is 2.21 bits per heavy atom. The van der Waals surface area contributed by atoms with Crippen LogP contribution in [0.4, 0.5) is 14.5 Å². The lowest BCUT2D eigenvalue weighted by atomic mass is 9.89. The molecule has 0 bridgehead atoms. The van der Waals surface area contributed by atoms with Crippen LogP contribution in [0.5, 0.6) is 0 Å². The fourth-order valence-corrected chi connectivity index (χ4v) is 5.53.